The number of hydrogen-bond acceptors (Lipinski definition) is 2. The standard InChI is InChI=1S/C14H17FN2O/c1-10(11-3-2-4-12(15)8-11)7-14(18)17-6-5-13(16)9-17/h2-4,7-8,13H,5-6,9,16H2,1H3/b10-7+. The van der Waals surface area contributed by atoms with Crippen LogP contribution < -0.4 is 5.73 Å². The zero-order valence-corrected chi connectivity index (χ0v) is 10.4. The monoisotopic (exact) mass is 248 g/mol. The predicted molar refractivity (Wildman–Crippen MR) is 69.2 cm³/mol. The lowest BCUT2D eigenvalue weighted by Crippen LogP contribution is -2.30. The summed E-state index contributed by atoms with van der Waals surface area (Å²) >= 11 is 0. The van der Waals surface area contributed by atoms with Gasteiger partial charge >= 0.3 is 0 Å². The van der Waals surface area contributed by atoms with Gasteiger partial charge in [-0.1, -0.05) is 12.1 Å². The summed E-state index contributed by atoms with van der Waals surface area (Å²) < 4.78 is 13.1. The molecule has 1 aromatic carbocycles. The molecule has 0 spiro atoms. The largest absolute Gasteiger partial charge is 0.338 e. The van der Waals surface area contributed by atoms with Crippen LogP contribution in [-0.2, 0) is 4.79 Å². The van der Waals surface area contributed by atoms with Gasteiger partial charge < -0.3 is 10.6 Å². The lowest BCUT2D eigenvalue weighted by atomic mass is 10.1. The summed E-state index contributed by atoms with van der Waals surface area (Å²) in [6, 6.07) is 6.32. The fourth-order valence-corrected chi connectivity index (χ4v) is 2.08. The molecular formula is C14H17FN2O. The van der Waals surface area contributed by atoms with Crippen LogP contribution in [0.15, 0.2) is 30.3 Å². The molecule has 0 bridgehead atoms. The Morgan fingerprint density at radius 3 is 2.94 bits per heavy atom. The van der Waals surface area contributed by atoms with E-state index in [1.54, 1.807) is 23.1 Å². The molecule has 1 heterocycles. The van der Waals surface area contributed by atoms with Crippen molar-refractivity contribution in [2.45, 2.75) is 19.4 Å². The summed E-state index contributed by atoms with van der Waals surface area (Å²) in [4.78, 5) is 13.7. The van der Waals surface area contributed by atoms with Gasteiger partial charge in [0.25, 0.3) is 0 Å². The molecule has 0 saturated carbocycles. The molecule has 0 aliphatic carbocycles. The Morgan fingerprint density at radius 1 is 1.56 bits per heavy atom. The van der Waals surface area contributed by atoms with E-state index in [0.717, 1.165) is 17.6 Å². The van der Waals surface area contributed by atoms with Crippen molar-refractivity contribution in [2.24, 2.45) is 5.73 Å². The molecule has 0 radical (unpaired) electrons. The Hall–Kier alpha value is -1.68. The normalized spacial score (nSPS) is 20.3. The number of carbonyl (C=O) groups excluding carboxylic acids is 1. The highest BCUT2D eigenvalue weighted by atomic mass is 19.1. The molecule has 1 fully saturated rings. The molecular weight excluding hydrogens is 231 g/mol. The van der Waals surface area contributed by atoms with E-state index in [0.29, 0.717) is 13.1 Å². The maximum atomic E-state index is 13.1. The number of carbonyl (C=O) groups is 1. The van der Waals surface area contributed by atoms with Gasteiger partial charge in [0.2, 0.25) is 5.91 Å². The third-order valence-electron chi connectivity index (χ3n) is 3.16. The summed E-state index contributed by atoms with van der Waals surface area (Å²) in [5.41, 5.74) is 7.25. The van der Waals surface area contributed by atoms with Gasteiger partial charge in [0.05, 0.1) is 0 Å². The highest BCUT2D eigenvalue weighted by Crippen LogP contribution is 2.16. The number of rotatable bonds is 2. The van der Waals surface area contributed by atoms with Crippen LogP contribution in [0.3, 0.4) is 0 Å². The van der Waals surface area contributed by atoms with E-state index in [1.807, 2.05) is 6.92 Å². The lowest BCUT2D eigenvalue weighted by Gasteiger charge is -2.13. The second-order valence-electron chi connectivity index (χ2n) is 4.67. The van der Waals surface area contributed by atoms with E-state index in [2.05, 4.69) is 0 Å². The number of nitrogens with zero attached hydrogens (tertiary/aromatic N) is 1. The molecule has 0 aromatic heterocycles. The van der Waals surface area contributed by atoms with E-state index in [1.165, 1.54) is 12.1 Å². The SMILES string of the molecule is C/C(=C\C(=O)N1CCC(N)C1)c1cccc(F)c1. The van der Waals surface area contributed by atoms with Crippen LogP contribution in [0.25, 0.3) is 5.57 Å². The average molecular weight is 248 g/mol. The summed E-state index contributed by atoms with van der Waals surface area (Å²) in [6.45, 7) is 3.11. The highest BCUT2D eigenvalue weighted by Gasteiger charge is 2.22. The van der Waals surface area contributed by atoms with E-state index >= 15 is 0 Å². The van der Waals surface area contributed by atoms with Gasteiger partial charge in [0.15, 0.2) is 0 Å². The number of halogens is 1. The molecule has 1 saturated heterocycles. The van der Waals surface area contributed by atoms with Crippen LogP contribution in [0.5, 0.6) is 0 Å². The zero-order valence-electron chi connectivity index (χ0n) is 10.4. The number of hydrogen-bond donors (Lipinski definition) is 1. The van der Waals surface area contributed by atoms with Crippen LogP contribution in [0.4, 0.5) is 4.39 Å². The predicted octanol–water partition coefficient (Wildman–Crippen LogP) is 1.79. The molecule has 2 rings (SSSR count). The first kappa shape index (κ1) is 12.8. The number of nitrogens with two attached hydrogens (primary N) is 1. The van der Waals surface area contributed by atoms with Crippen molar-refractivity contribution in [3.05, 3.63) is 41.7 Å². The third kappa shape index (κ3) is 2.96. The lowest BCUT2D eigenvalue weighted by molar-refractivity contribution is -0.125. The molecule has 1 unspecified atom stereocenters. The van der Waals surface area contributed by atoms with E-state index in [-0.39, 0.29) is 17.8 Å². The first-order valence-electron chi connectivity index (χ1n) is 6.05. The van der Waals surface area contributed by atoms with Gasteiger partial charge in [-0.25, -0.2) is 4.39 Å². The van der Waals surface area contributed by atoms with Crippen molar-refractivity contribution in [3.63, 3.8) is 0 Å². The van der Waals surface area contributed by atoms with E-state index < -0.39 is 0 Å². The van der Waals surface area contributed by atoms with Gasteiger partial charge in [0, 0.05) is 25.2 Å². The molecule has 2 N–H and O–H groups in total. The molecule has 1 atom stereocenters. The molecule has 1 amide bonds. The highest BCUT2D eigenvalue weighted by molar-refractivity contribution is 5.95. The fourth-order valence-electron chi connectivity index (χ4n) is 2.08. The first-order chi connectivity index (χ1) is 8.56. The minimum absolute atomic E-state index is 0.0512. The minimum Gasteiger partial charge on any atom is -0.338 e. The van der Waals surface area contributed by atoms with Crippen molar-refractivity contribution in [3.8, 4) is 0 Å². The quantitative estimate of drug-likeness (QED) is 0.811. The number of likely N-dealkylation sites (tertiary alicyclic amines) is 1. The third-order valence-corrected chi connectivity index (χ3v) is 3.16. The van der Waals surface area contributed by atoms with Gasteiger partial charge in [-0.15, -0.1) is 0 Å². The summed E-state index contributed by atoms with van der Waals surface area (Å²) in [6.07, 6.45) is 2.39. The maximum Gasteiger partial charge on any atom is 0.246 e. The van der Waals surface area contributed by atoms with Crippen LogP contribution >= 0.6 is 0 Å². The van der Waals surface area contributed by atoms with Crippen LogP contribution in [0.1, 0.15) is 18.9 Å². The fraction of sp³-hybridized carbons (Fsp3) is 0.357. The summed E-state index contributed by atoms with van der Waals surface area (Å²) in [7, 11) is 0. The Kier molecular flexibility index (Phi) is 3.77. The second-order valence-corrected chi connectivity index (χ2v) is 4.67. The van der Waals surface area contributed by atoms with Crippen molar-refractivity contribution in [1.29, 1.82) is 0 Å². The van der Waals surface area contributed by atoms with Crippen molar-refractivity contribution >= 4 is 11.5 Å². The Morgan fingerprint density at radius 2 is 2.33 bits per heavy atom. The topological polar surface area (TPSA) is 46.3 Å². The second kappa shape index (κ2) is 5.31. The smallest absolute Gasteiger partial charge is 0.246 e. The van der Waals surface area contributed by atoms with E-state index in [9.17, 15) is 9.18 Å². The molecule has 1 aromatic rings. The Bertz CT molecular complexity index is 484. The van der Waals surface area contributed by atoms with Crippen molar-refractivity contribution < 1.29 is 9.18 Å². The van der Waals surface area contributed by atoms with Crippen molar-refractivity contribution in [1.82, 2.24) is 4.90 Å². The van der Waals surface area contributed by atoms with Crippen LogP contribution in [0.2, 0.25) is 0 Å². The number of allylic oxidation sites excluding steroid dienone is 1. The molecule has 1 aliphatic heterocycles. The maximum absolute atomic E-state index is 13.1. The zero-order chi connectivity index (χ0) is 13.1. The minimum atomic E-state index is -0.295. The molecule has 18 heavy (non-hydrogen) atoms. The Balaban J connectivity index is 2.10. The summed E-state index contributed by atoms with van der Waals surface area (Å²) in [5, 5.41) is 0. The van der Waals surface area contributed by atoms with Gasteiger partial charge in [-0.3, -0.25) is 4.79 Å². The molecule has 1 aliphatic rings. The average Bonchev–Trinajstić information content (AvgIpc) is 2.76. The van der Waals surface area contributed by atoms with Gasteiger partial charge in [-0.05, 0) is 36.6 Å². The Labute approximate surface area is 106 Å². The van der Waals surface area contributed by atoms with E-state index in [4.69, 9.17) is 5.73 Å². The van der Waals surface area contributed by atoms with Crippen LogP contribution in [0, 0.1) is 5.82 Å². The van der Waals surface area contributed by atoms with Crippen molar-refractivity contribution in [2.75, 3.05) is 13.1 Å². The van der Waals surface area contributed by atoms with Gasteiger partial charge in [0.1, 0.15) is 5.82 Å². The first-order valence-corrected chi connectivity index (χ1v) is 6.05. The number of amides is 1. The molecule has 4 heteroatoms. The molecule has 3 nitrogen and oxygen atoms in total. The van der Waals surface area contributed by atoms with Crippen LogP contribution in [-0.4, -0.2) is 29.9 Å². The molecule has 96 valence electrons. The summed E-state index contributed by atoms with van der Waals surface area (Å²) in [5.74, 6) is -0.347. The number of benzene rings is 1. The van der Waals surface area contributed by atoms with Gasteiger partial charge in [-0.2, -0.15) is 0 Å².